The van der Waals surface area contributed by atoms with Gasteiger partial charge in [-0.1, -0.05) is 0 Å². The van der Waals surface area contributed by atoms with E-state index in [1.54, 1.807) is 0 Å². The van der Waals surface area contributed by atoms with Crippen LogP contribution >= 0.6 is 0 Å². The molecular weight excluding hydrogens is 162 g/mol. The number of hydrogen-bond acceptors (Lipinski definition) is 3. The molecule has 2 aliphatic rings. The molecule has 0 unspecified atom stereocenters. The zero-order valence-corrected chi connectivity index (χ0v) is 5.74. The average molecular weight is 165 g/mol. The molecule has 7 nitrogen and oxygen atoms in total. The van der Waals surface area contributed by atoms with E-state index in [1.165, 1.54) is 0 Å². The molecule has 0 fully saturated rings. The van der Waals surface area contributed by atoms with E-state index in [1.807, 2.05) is 0 Å². The molecule has 3 N–H and O–H groups in total. The van der Waals surface area contributed by atoms with Gasteiger partial charge in [0.1, 0.15) is 0 Å². The zero-order valence-electron chi connectivity index (χ0n) is 5.74. The third-order valence-electron chi connectivity index (χ3n) is 1.33. The average Bonchev–Trinajstić information content (AvgIpc) is 2.29. The van der Waals surface area contributed by atoms with Crippen molar-refractivity contribution in [3.05, 3.63) is 0 Å². The topological polar surface area (TPSA) is 109 Å². The fraction of sp³-hybridized carbons (Fsp3) is 0. The summed E-state index contributed by atoms with van der Waals surface area (Å²) in [6.45, 7) is 0. The molecule has 0 bridgehead atoms. The van der Waals surface area contributed by atoms with Gasteiger partial charge < -0.3 is 5.73 Å². The first-order chi connectivity index (χ1) is 5.66. The van der Waals surface area contributed by atoms with E-state index in [-0.39, 0.29) is 17.4 Å². The summed E-state index contributed by atoms with van der Waals surface area (Å²) in [4.78, 5) is 31.5. The lowest BCUT2D eigenvalue weighted by Crippen LogP contribution is -2.38. The number of aliphatic imine (C=N–C) groups is 3. The highest BCUT2D eigenvalue weighted by molar-refractivity contribution is 6.73. The van der Waals surface area contributed by atoms with Gasteiger partial charge in [-0.2, -0.15) is 15.0 Å². The van der Waals surface area contributed by atoms with Crippen molar-refractivity contribution in [1.29, 1.82) is 0 Å². The van der Waals surface area contributed by atoms with E-state index < -0.39 is 12.1 Å². The predicted octanol–water partition coefficient (Wildman–Crippen LogP) is -0.960. The van der Waals surface area contributed by atoms with Crippen molar-refractivity contribution in [3.8, 4) is 0 Å². The largest absolute Gasteiger partial charge is 0.382 e. The summed E-state index contributed by atoms with van der Waals surface area (Å²) in [6.07, 6.45) is 0. The van der Waals surface area contributed by atoms with Crippen molar-refractivity contribution in [1.82, 2.24) is 5.32 Å². The second-order valence-electron chi connectivity index (χ2n) is 2.13. The van der Waals surface area contributed by atoms with Gasteiger partial charge in [0.05, 0.1) is 0 Å². The molecule has 0 aromatic carbocycles. The maximum atomic E-state index is 10.7. The maximum Gasteiger partial charge on any atom is 0.371 e. The summed E-state index contributed by atoms with van der Waals surface area (Å²) in [5.74, 6) is 0.000787. The number of nitrogens with one attached hydrogen (secondary N) is 1. The number of nitrogens with two attached hydrogens (primary N) is 1. The van der Waals surface area contributed by atoms with Crippen LogP contribution in [0.5, 0.6) is 0 Å². The Hall–Kier alpha value is -2.05. The number of nitrogens with zero attached hydrogens (tertiary/aromatic N) is 3. The van der Waals surface area contributed by atoms with E-state index in [0.717, 1.165) is 0 Å². The summed E-state index contributed by atoms with van der Waals surface area (Å²) < 4.78 is 0. The fourth-order valence-corrected chi connectivity index (χ4v) is 0.879. The fourth-order valence-electron chi connectivity index (χ4n) is 0.879. The van der Waals surface area contributed by atoms with Crippen LogP contribution in [0.2, 0.25) is 0 Å². The van der Waals surface area contributed by atoms with Gasteiger partial charge in [0.2, 0.25) is 0 Å². The van der Waals surface area contributed by atoms with E-state index >= 15 is 0 Å². The minimum atomic E-state index is -0.733. The molecule has 7 heteroatoms. The van der Waals surface area contributed by atoms with E-state index in [2.05, 4.69) is 20.3 Å². The van der Waals surface area contributed by atoms with Gasteiger partial charge in [-0.25, -0.2) is 9.59 Å². The minimum Gasteiger partial charge on any atom is -0.382 e. The second-order valence-corrected chi connectivity index (χ2v) is 2.13. The van der Waals surface area contributed by atoms with E-state index in [9.17, 15) is 9.59 Å². The lowest BCUT2D eigenvalue weighted by Gasteiger charge is -2.03. The first-order valence-corrected chi connectivity index (χ1v) is 3.04. The van der Waals surface area contributed by atoms with Gasteiger partial charge in [-0.15, -0.1) is 0 Å². The number of rotatable bonds is 0. The molecular formula is C5H3N5O2. The first kappa shape index (κ1) is 6.65. The Balaban J connectivity index is 2.52. The minimum absolute atomic E-state index is 0.0802. The van der Waals surface area contributed by atoms with Gasteiger partial charge >= 0.3 is 12.1 Å². The maximum absolute atomic E-state index is 10.7. The van der Waals surface area contributed by atoms with Crippen LogP contribution in [0.15, 0.2) is 15.0 Å². The summed E-state index contributed by atoms with van der Waals surface area (Å²) in [6, 6.07) is -1.32. The molecule has 0 aromatic heterocycles. The number of fused-ring (bicyclic) bond motifs is 1. The molecule has 2 heterocycles. The van der Waals surface area contributed by atoms with Crippen LogP contribution in [0, 0.1) is 0 Å². The number of hydrogen-bond donors (Lipinski definition) is 2. The predicted molar refractivity (Wildman–Crippen MR) is 40.4 cm³/mol. The number of urea groups is 2. The molecule has 0 saturated heterocycles. The lowest BCUT2D eigenvalue weighted by atomic mass is 10.3. The number of carbonyl (C=O) groups excluding carboxylic acids is 2. The van der Waals surface area contributed by atoms with Crippen molar-refractivity contribution in [2.75, 3.05) is 0 Å². The Labute approximate surface area is 66.1 Å². The molecule has 0 saturated carbocycles. The molecule has 0 spiro atoms. The van der Waals surface area contributed by atoms with Crippen LogP contribution in [0.3, 0.4) is 0 Å². The molecule has 2 aliphatic heterocycles. The monoisotopic (exact) mass is 165 g/mol. The van der Waals surface area contributed by atoms with Crippen molar-refractivity contribution in [2.45, 2.75) is 0 Å². The van der Waals surface area contributed by atoms with Gasteiger partial charge in [-0.3, -0.25) is 5.32 Å². The summed E-state index contributed by atoms with van der Waals surface area (Å²) >= 11 is 0. The first-order valence-electron chi connectivity index (χ1n) is 3.04. The highest BCUT2D eigenvalue weighted by atomic mass is 16.2. The standard InChI is InChI=1S/C5H3N5O2/c6-2-1-3(9-4(11)7-1)10-5(12)8-2/h(H3,6,8,9,10,11,12). The van der Waals surface area contributed by atoms with Crippen LogP contribution in [0.25, 0.3) is 0 Å². The molecule has 12 heavy (non-hydrogen) atoms. The quantitative estimate of drug-likeness (QED) is 0.482. The van der Waals surface area contributed by atoms with Crippen LogP contribution < -0.4 is 11.1 Å². The van der Waals surface area contributed by atoms with E-state index in [4.69, 9.17) is 5.73 Å². The van der Waals surface area contributed by atoms with Crippen LogP contribution in [-0.2, 0) is 0 Å². The van der Waals surface area contributed by atoms with Crippen LogP contribution in [-0.4, -0.2) is 29.4 Å². The molecule has 60 valence electrons. The highest BCUT2D eigenvalue weighted by Crippen LogP contribution is 2.01. The van der Waals surface area contributed by atoms with Gasteiger partial charge in [0.15, 0.2) is 17.4 Å². The Morgan fingerprint density at radius 1 is 1.17 bits per heavy atom. The molecule has 0 atom stereocenters. The molecule has 0 aromatic rings. The molecule has 2 rings (SSSR count). The van der Waals surface area contributed by atoms with Crippen molar-refractivity contribution in [2.24, 2.45) is 20.7 Å². The zero-order chi connectivity index (χ0) is 8.72. The molecule has 4 amide bonds. The summed E-state index contributed by atoms with van der Waals surface area (Å²) in [7, 11) is 0. The van der Waals surface area contributed by atoms with Crippen molar-refractivity contribution >= 4 is 29.4 Å². The highest BCUT2D eigenvalue weighted by Gasteiger charge is 2.28. The summed E-state index contributed by atoms with van der Waals surface area (Å²) in [5.41, 5.74) is 5.44. The smallest absolute Gasteiger partial charge is 0.371 e. The number of amidine groups is 2. The summed E-state index contributed by atoms with van der Waals surface area (Å²) in [5, 5.41) is 2.24. The normalized spacial score (nSPS) is 20.8. The Morgan fingerprint density at radius 2 is 1.92 bits per heavy atom. The molecule has 0 aliphatic carbocycles. The third kappa shape index (κ3) is 0.797. The Kier molecular flexibility index (Phi) is 1.09. The Morgan fingerprint density at radius 3 is 2.67 bits per heavy atom. The number of amides is 4. The number of carbonyl (C=O) groups is 2. The van der Waals surface area contributed by atoms with Crippen molar-refractivity contribution < 1.29 is 9.59 Å². The molecule has 0 radical (unpaired) electrons. The SMILES string of the molecule is NC1=NC(=O)N=C2NC(=O)N=C12. The van der Waals surface area contributed by atoms with Crippen molar-refractivity contribution in [3.63, 3.8) is 0 Å². The Bertz CT molecular complexity index is 377. The van der Waals surface area contributed by atoms with Gasteiger partial charge in [0, 0.05) is 0 Å². The third-order valence-corrected chi connectivity index (χ3v) is 1.33. The van der Waals surface area contributed by atoms with Gasteiger partial charge in [0.25, 0.3) is 0 Å². The van der Waals surface area contributed by atoms with Crippen LogP contribution in [0.4, 0.5) is 9.59 Å². The van der Waals surface area contributed by atoms with Crippen LogP contribution in [0.1, 0.15) is 0 Å². The lowest BCUT2D eigenvalue weighted by molar-refractivity contribution is 0.254. The van der Waals surface area contributed by atoms with Gasteiger partial charge in [-0.05, 0) is 0 Å². The second kappa shape index (κ2) is 1.97. The van der Waals surface area contributed by atoms with E-state index in [0.29, 0.717) is 0 Å².